The van der Waals surface area contributed by atoms with E-state index in [9.17, 15) is 4.79 Å². The highest BCUT2D eigenvalue weighted by molar-refractivity contribution is 6.16. The molecule has 6 heteroatoms. The number of H-pyrrole nitrogens is 1. The number of esters is 1. The number of fused-ring (bicyclic) bond motifs is 3. The predicted molar refractivity (Wildman–Crippen MR) is 118 cm³/mol. The van der Waals surface area contributed by atoms with Crippen LogP contribution in [0.4, 0.5) is 5.69 Å². The monoisotopic (exact) mass is 394 g/mol. The van der Waals surface area contributed by atoms with Crippen molar-refractivity contribution < 1.29 is 9.53 Å². The standard InChI is InChI=1S/C24H18N4O2/c1-30-24(29)16-4-2-14(3-5-16)19-13-27-23-22(21(19)15-8-10-26-11-9-15)18-12-17(25)6-7-20(18)28-23/h2-13H,25H2,1H3,(H,27,28). The number of benzene rings is 2. The number of aromatic nitrogens is 3. The van der Waals surface area contributed by atoms with E-state index in [1.807, 2.05) is 48.7 Å². The van der Waals surface area contributed by atoms with Gasteiger partial charge in [0.2, 0.25) is 0 Å². The first-order chi connectivity index (χ1) is 14.7. The average molecular weight is 394 g/mol. The van der Waals surface area contributed by atoms with Crippen LogP contribution in [-0.4, -0.2) is 28.0 Å². The molecule has 0 aliphatic rings. The Morgan fingerprint density at radius 2 is 1.77 bits per heavy atom. The van der Waals surface area contributed by atoms with Crippen LogP contribution in [0.15, 0.2) is 73.2 Å². The lowest BCUT2D eigenvalue weighted by molar-refractivity contribution is 0.0601. The number of hydrogen-bond acceptors (Lipinski definition) is 5. The zero-order valence-electron chi connectivity index (χ0n) is 16.2. The highest BCUT2D eigenvalue weighted by atomic mass is 16.5. The number of hydrogen-bond donors (Lipinski definition) is 2. The Morgan fingerprint density at radius 1 is 1.00 bits per heavy atom. The Morgan fingerprint density at radius 3 is 2.50 bits per heavy atom. The van der Waals surface area contributed by atoms with Gasteiger partial charge in [-0.05, 0) is 53.6 Å². The zero-order chi connectivity index (χ0) is 20.7. The van der Waals surface area contributed by atoms with Crippen molar-refractivity contribution in [2.24, 2.45) is 0 Å². The highest BCUT2D eigenvalue weighted by Gasteiger charge is 2.17. The second kappa shape index (κ2) is 7.00. The topological polar surface area (TPSA) is 93.9 Å². The van der Waals surface area contributed by atoms with Crippen molar-refractivity contribution in [2.75, 3.05) is 12.8 Å². The molecular formula is C24H18N4O2. The van der Waals surface area contributed by atoms with Crippen LogP contribution < -0.4 is 5.73 Å². The maximum atomic E-state index is 11.8. The van der Waals surface area contributed by atoms with Gasteiger partial charge in [0.25, 0.3) is 0 Å². The van der Waals surface area contributed by atoms with Crippen molar-refractivity contribution in [3.05, 3.63) is 78.8 Å². The Kier molecular flexibility index (Phi) is 4.17. The normalized spacial score (nSPS) is 11.1. The number of methoxy groups -OCH3 is 1. The summed E-state index contributed by atoms with van der Waals surface area (Å²) < 4.78 is 4.81. The van der Waals surface area contributed by atoms with Crippen LogP contribution in [0, 0.1) is 0 Å². The number of nitrogens with one attached hydrogen (secondary N) is 1. The fourth-order valence-corrected chi connectivity index (χ4v) is 3.81. The summed E-state index contributed by atoms with van der Waals surface area (Å²) in [7, 11) is 1.37. The lowest BCUT2D eigenvalue weighted by atomic mass is 9.93. The van der Waals surface area contributed by atoms with Gasteiger partial charge in [0.15, 0.2) is 0 Å². The summed E-state index contributed by atoms with van der Waals surface area (Å²) in [5.74, 6) is -0.364. The first kappa shape index (κ1) is 17.9. The molecule has 0 atom stereocenters. The Hall–Kier alpha value is -4.19. The van der Waals surface area contributed by atoms with E-state index in [2.05, 4.69) is 15.0 Å². The summed E-state index contributed by atoms with van der Waals surface area (Å²) in [6.45, 7) is 0. The van der Waals surface area contributed by atoms with Crippen molar-refractivity contribution in [3.63, 3.8) is 0 Å². The predicted octanol–water partition coefficient (Wildman–Crippen LogP) is 4.81. The lowest BCUT2D eigenvalue weighted by Crippen LogP contribution is -2.00. The molecule has 0 spiro atoms. The van der Waals surface area contributed by atoms with Crippen LogP contribution in [0.2, 0.25) is 0 Å². The molecule has 30 heavy (non-hydrogen) atoms. The number of nitrogen functional groups attached to an aromatic ring is 1. The molecule has 0 amide bonds. The molecule has 3 aromatic heterocycles. The molecule has 0 aliphatic heterocycles. The molecule has 0 radical (unpaired) electrons. The molecule has 0 aliphatic carbocycles. The molecule has 0 bridgehead atoms. The maximum absolute atomic E-state index is 11.8. The van der Waals surface area contributed by atoms with Gasteiger partial charge in [-0.2, -0.15) is 0 Å². The quantitative estimate of drug-likeness (QED) is 0.338. The summed E-state index contributed by atoms with van der Waals surface area (Å²) >= 11 is 0. The molecule has 3 N–H and O–H groups in total. The van der Waals surface area contributed by atoms with Crippen LogP contribution in [0.25, 0.3) is 44.2 Å². The van der Waals surface area contributed by atoms with Gasteiger partial charge in [0.1, 0.15) is 5.65 Å². The minimum Gasteiger partial charge on any atom is -0.465 e. The summed E-state index contributed by atoms with van der Waals surface area (Å²) in [4.78, 5) is 24.0. The van der Waals surface area contributed by atoms with E-state index >= 15 is 0 Å². The molecule has 0 fully saturated rings. The van der Waals surface area contributed by atoms with Crippen molar-refractivity contribution in [2.45, 2.75) is 0 Å². The first-order valence-electron chi connectivity index (χ1n) is 9.45. The number of ether oxygens (including phenoxy) is 1. The van der Waals surface area contributed by atoms with Crippen LogP contribution >= 0.6 is 0 Å². The third-order valence-corrected chi connectivity index (χ3v) is 5.23. The van der Waals surface area contributed by atoms with Crippen molar-refractivity contribution in [3.8, 4) is 22.3 Å². The van der Waals surface area contributed by atoms with E-state index in [-0.39, 0.29) is 5.97 Å². The molecule has 5 aromatic rings. The molecule has 0 unspecified atom stereocenters. The highest BCUT2D eigenvalue weighted by Crippen LogP contribution is 2.40. The fraction of sp³-hybridized carbons (Fsp3) is 0.0417. The second-order valence-corrected chi connectivity index (χ2v) is 7.01. The van der Waals surface area contributed by atoms with E-state index in [0.29, 0.717) is 11.3 Å². The van der Waals surface area contributed by atoms with Crippen molar-refractivity contribution >= 4 is 33.6 Å². The van der Waals surface area contributed by atoms with E-state index in [1.54, 1.807) is 24.5 Å². The lowest BCUT2D eigenvalue weighted by Gasteiger charge is -2.12. The Bertz CT molecular complexity index is 1390. The molecule has 0 saturated heterocycles. The van der Waals surface area contributed by atoms with Gasteiger partial charge in [-0.15, -0.1) is 0 Å². The molecule has 6 nitrogen and oxygen atoms in total. The number of aromatic amines is 1. The summed E-state index contributed by atoms with van der Waals surface area (Å²) in [6.07, 6.45) is 5.40. The molecular weight excluding hydrogens is 376 g/mol. The van der Waals surface area contributed by atoms with E-state index < -0.39 is 0 Å². The largest absolute Gasteiger partial charge is 0.465 e. The van der Waals surface area contributed by atoms with Gasteiger partial charge in [-0.1, -0.05) is 12.1 Å². The van der Waals surface area contributed by atoms with Gasteiger partial charge in [-0.3, -0.25) is 4.98 Å². The number of anilines is 1. The van der Waals surface area contributed by atoms with Crippen molar-refractivity contribution in [1.29, 1.82) is 0 Å². The summed E-state index contributed by atoms with van der Waals surface area (Å²) in [5, 5.41) is 2.01. The smallest absolute Gasteiger partial charge is 0.337 e. The first-order valence-corrected chi connectivity index (χ1v) is 9.45. The number of nitrogens with zero attached hydrogens (tertiary/aromatic N) is 2. The van der Waals surface area contributed by atoms with E-state index in [0.717, 1.165) is 44.2 Å². The van der Waals surface area contributed by atoms with Crippen molar-refractivity contribution in [1.82, 2.24) is 15.0 Å². The third kappa shape index (κ3) is 2.86. The number of carbonyl (C=O) groups excluding carboxylic acids is 1. The fourth-order valence-electron chi connectivity index (χ4n) is 3.81. The van der Waals surface area contributed by atoms with Crippen LogP contribution in [0.5, 0.6) is 0 Å². The molecule has 3 heterocycles. The Labute approximate surface area is 172 Å². The number of rotatable bonds is 3. The summed E-state index contributed by atoms with van der Waals surface area (Å²) in [6, 6.07) is 17.1. The minimum absolute atomic E-state index is 0.364. The number of carbonyl (C=O) groups is 1. The number of nitrogens with two attached hydrogens (primary N) is 1. The Balaban J connectivity index is 1.83. The average Bonchev–Trinajstić information content (AvgIpc) is 3.16. The van der Waals surface area contributed by atoms with Gasteiger partial charge in [0.05, 0.1) is 12.7 Å². The third-order valence-electron chi connectivity index (χ3n) is 5.23. The second-order valence-electron chi connectivity index (χ2n) is 7.01. The van der Waals surface area contributed by atoms with Gasteiger partial charge >= 0.3 is 5.97 Å². The molecule has 2 aromatic carbocycles. The maximum Gasteiger partial charge on any atom is 0.337 e. The van der Waals surface area contributed by atoms with Gasteiger partial charge < -0.3 is 15.5 Å². The minimum atomic E-state index is -0.364. The van der Waals surface area contributed by atoms with Gasteiger partial charge in [-0.25, -0.2) is 9.78 Å². The molecule has 146 valence electrons. The SMILES string of the molecule is COC(=O)c1ccc(-c2cnc3[nH]c4ccc(N)cc4c3c2-c2ccncc2)cc1. The van der Waals surface area contributed by atoms with Crippen LogP contribution in [0.3, 0.4) is 0 Å². The summed E-state index contributed by atoms with van der Waals surface area (Å²) in [5.41, 5.74) is 13.0. The number of pyridine rings is 2. The zero-order valence-corrected chi connectivity index (χ0v) is 16.2. The van der Waals surface area contributed by atoms with E-state index in [1.165, 1.54) is 7.11 Å². The molecule has 5 rings (SSSR count). The van der Waals surface area contributed by atoms with Crippen LogP contribution in [-0.2, 0) is 4.74 Å². The van der Waals surface area contributed by atoms with E-state index in [4.69, 9.17) is 10.5 Å². The van der Waals surface area contributed by atoms with Crippen LogP contribution in [0.1, 0.15) is 10.4 Å². The van der Waals surface area contributed by atoms with Gasteiger partial charge in [0, 0.05) is 51.7 Å². The molecule has 0 saturated carbocycles.